The van der Waals surface area contributed by atoms with Crippen LogP contribution in [-0.4, -0.2) is 17.4 Å². The minimum atomic E-state index is 0.00789. The molecule has 1 saturated carbocycles. The highest BCUT2D eigenvalue weighted by Crippen LogP contribution is 2.36. The molecule has 0 spiro atoms. The Morgan fingerprint density at radius 3 is 2.94 bits per heavy atom. The molecule has 1 aliphatic carbocycles. The quantitative estimate of drug-likeness (QED) is 0.797. The van der Waals surface area contributed by atoms with Crippen LogP contribution in [0, 0.1) is 5.92 Å². The standard InChI is InChI=1S/C12H11NO2S/c14-11-6-16-10-4-3-8(5-9(10)13-11)12(15)7-1-2-7/h3-5,7H,1-2,6H2,(H,13,14). The van der Waals surface area contributed by atoms with E-state index in [1.165, 1.54) is 11.8 Å². The molecule has 82 valence electrons. The van der Waals surface area contributed by atoms with E-state index in [0.717, 1.165) is 29.0 Å². The van der Waals surface area contributed by atoms with Crippen molar-refractivity contribution >= 4 is 29.1 Å². The molecule has 1 heterocycles. The van der Waals surface area contributed by atoms with Crippen LogP contribution < -0.4 is 5.32 Å². The summed E-state index contributed by atoms with van der Waals surface area (Å²) in [7, 11) is 0. The molecule has 0 radical (unpaired) electrons. The van der Waals surface area contributed by atoms with Crippen molar-refractivity contribution in [2.45, 2.75) is 17.7 Å². The summed E-state index contributed by atoms with van der Waals surface area (Å²) in [6, 6.07) is 5.60. The minimum Gasteiger partial charge on any atom is -0.324 e. The Kier molecular flexibility index (Phi) is 2.24. The number of anilines is 1. The van der Waals surface area contributed by atoms with Gasteiger partial charge < -0.3 is 5.32 Å². The molecule has 4 heteroatoms. The highest BCUT2D eigenvalue weighted by Gasteiger charge is 2.31. The smallest absolute Gasteiger partial charge is 0.234 e. The normalized spacial score (nSPS) is 18.9. The van der Waals surface area contributed by atoms with E-state index >= 15 is 0 Å². The summed E-state index contributed by atoms with van der Waals surface area (Å²) in [6.45, 7) is 0. The van der Waals surface area contributed by atoms with E-state index in [2.05, 4.69) is 5.32 Å². The zero-order chi connectivity index (χ0) is 11.1. The van der Waals surface area contributed by atoms with Gasteiger partial charge in [-0.05, 0) is 25.0 Å². The molecule has 0 bridgehead atoms. The molecular weight excluding hydrogens is 222 g/mol. The first-order valence-corrected chi connectivity index (χ1v) is 6.33. The third-order valence-corrected chi connectivity index (χ3v) is 3.92. The third kappa shape index (κ3) is 1.73. The van der Waals surface area contributed by atoms with Gasteiger partial charge in [-0.15, -0.1) is 11.8 Å². The molecule has 3 rings (SSSR count). The monoisotopic (exact) mass is 233 g/mol. The maximum Gasteiger partial charge on any atom is 0.234 e. The van der Waals surface area contributed by atoms with Crippen molar-refractivity contribution in [3.8, 4) is 0 Å². The summed E-state index contributed by atoms with van der Waals surface area (Å²) in [5, 5.41) is 2.80. The Morgan fingerprint density at radius 1 is 1.38 bits per heavy atom. The lowest BCUT2D eigenvalue weighted by molar-refractivity contribution is -0.113. The van der Waals surface area contributed by atoms with E-state index in [-0.39, 0.29) is 17.6 Å². The largest absolute Gasteiger partial charge is 0.324 e. The summed E-state index contributed by atoms with van der Waals surface area (Å²) >= 11 is 1.52. The van der Waals surface area contributed by atoms with Crippen LogP contribution in [0.3, 0.4) is 0 Å². The summed E-state index contributed by atoms with van der Waals surface area (Å²) in [5.74, 6) is 0.911. The lowest BCUT2D eigenvalue weighted by Crippen LogP contribution is -2.19. The molecular formula is C12H11NO2S. The molecule has 1 N–H and O–H groups in total. The van der Waals surface area contributed by atoms with Crippen molar-refractivity contribution < 1.29 is 9.59 Å². The van der Waals surface area contributed by atoms with Gasteiger partial charge in [-0.3, -0.25) is 9.59 Å². The zero-order valence-corrected chi connectivity index (χ0v) is 9.47. The van der Waals surface area contributed by atoms with E-state index in [0.29, 0.717) is 5.75 Å². The number of rotatable bonds is 2. The summed E-state index contributed by atoms with van der Waals surface area (Å²) in [6.07, 6.45) is 2.02. The van der Waals surface area contributed by atoms with Gasteiger partial charge in [0.25, 0.3) is 0 Å². The number of fused-ring (bicyclic) bond motifs is 1. The summed E-state index contributed by atoms with van der Waals surface area (Å²) in [4.78, 5) is 24.1. The number of hydrogen-bond acceptors (Lipinski definition) is 3. The van der Waals surface area contributed by atoms with E-state index in [9.17, 15) is 9.59 Å². The Hall–Kier alpha value is -1.29. The SMILES string of the molecule is O=C1CSc2ccc(C(=O)C3CC3)cc2N1. The number of carbonyl (C=O) groups is 2. The number of carbonyl (C=O) groups excluding carboxylic acids is 2. The van der Waals surface area contributed by atoms with Crippen LogP contribution in [0.2, 0.25) is 0 Å². The van der Waals surface area contributed by atoms with E-state index < -0.39 is 0 Å². The van der Waals surface area contributed by atoms with Crippen LogP contribution in [0.1, 0.15) is 23.2 Å². The molecule has 0 unspecified atom stereocenters. The van der Waals surface area contributed by atoms with Crippen molar-refractivity contribution in [2.75, 3.05) is 11.1 Å². The van der Waals surface area contributed by atoms with Crippen LogP contribution in [0.5, 0.6) is 0 Å². The predicted octanol–water partition coefficient (Wildman–Crippen LogP) is 2.32. The number of ketones is 1. The zero-order valence-electron chi connectivity index (χ0n) is 8.66. The van der Waals surface area contributed by atoms with Crippen LogP contribution in [0.4, 0.5) is 5.69 Å². The molecule has 0 aromatic heterocycles. The maximum absolute atomic E-state index is 11.9. The van der Waals surface area contributed by atoms with Gasteiger partial charge in [0, 0.05) is 16.4 Å². The first kappa shape index (κ1) is 9.90. The van der Waals surface area contributed by atoms with Gasteiger partial charge in [-0.25, -0.2) is 0 Å². The number of amides is 1. The van der Waals surface area contributed by atoms with E-state index in [1.807, 2.05) is 12.1 Å². The maximum atomic E-state index is 11.9. The fraction of sp³-hybridized carbons (Fsp3) is 0.333. The molecule has 1 amide bonds. The van der Waals surface area contributed by atoms with Crippen LogP contribution in [0.25, 0.3) is 0 Å². The molecule has 16 heavy (non-hydrogen) atoms. The lowest BCUT2D eigenvalue weighted by Gasteiger charge is -2.16. The minimum absolute atomic E-state index is 0.00789. The fourth-order valence-corrected chi connectivity index (χ4v) is 2.61. The molecule has 1 fully saturated rings. The average Bonchev–Trinajstić information content (AvgIpc) is 3.11. The van der Waals surface area contributed by atoms with Crippen molar-refractivity contribution in [1.29, 1.82) is 0 Å². The fourth-order valence-electron chi connectivity index (χ4n) is 1.82. The molecule has 1 aliphatic heterocycles. The molecule has 2 aliphatic rings. The Morgan fingerprint density at radius 2 is 2.19 bits per heavy atom. The predicted molar refractivity (Wildman–Crippen MR) is 62.9 cm³/mol. The number of nitrogens with one attached hydrogen (secondary N) is 1. The second kappa shape index (κ2) is 3.63. The van der Waals surface area contributed by atoms with Crippen molar-refractivity contribution in [1.82, 2.24) is 0 Å². The molecule has 0 saturated heterocycles. The van der Waals surface area contributed by atoms with Crippen molar-refractivity contribution in [2.24, 2.45) is 5.92 Å². The van der Waals surface area contributed by atoms with Crippen LogP contribution >= 0.6 is 11.8 Å². The summed E-state index contributed by atoms with van der Waals surface area (Å²) < 4.78 is 0. The van der Waals surface area contributed by atoms with Crippen LogP contribution in [-0.2, 0) is 4.79 Å². The first-order valence-electron chi connectivity index (χ1n) is 5.35. The molecule has 0 atom stereocenters. The number of Topliss-reactive ketones (excluding diaryl/α,β-unsaturated/α-hetero) is 1. The molecule has 1 aromatic rings. The van der Waals surface area contributed by atoms with Gasteiger partial charge in [0.05, 0.1) is 11.4 Å². The Balaban J connectivity index is 1.94. The van der Waals surface area contributed by atoms with Crippen molar-refractivity contribution in [3.05, 3.63) is 23.8 Å². The first-order chi connectivity index (χ1) is 7.74. The van der Waals surface area contributed by atoms with Gasteiger partial charge in [0.1, 0.15) is 0 Å². The average molecular weight is 233 g/mol. The van der Waals surface area contributed by atoms with Crippen LogP contribution in [0.15, 0.2) is 23.1 Å². The van der Waals surface area contributed by atoms with E-state index in [1.54, 1.807) is 6.07 Å². The van der Waals surface area contributed by atoms with E-state index in [4.69, 9.17) is 0 Å². The van der Waals surface area contributed by atoms with Gasteiger partial charge in [-0.2, -0.15) is 0 Å². The van der Waals surface area contributed by atoms with Gasteiger partial charge in [-0.1, -0.05) is 6.07 Å². The second-order valence-electron chi connectivity index (χ2n) is 4.19. The van der Waals surface area contributed by atoms with Gasteiger partial charge >= 0.3 is 0 Å². The Bertz CT molecular complexity index is 480. The van der Waals surface area contributed by atoms with Gasteiger partial charge in [0.2, 0.25) is 5.91 Å². The number of hydrogen-bond donors (Lipinski definition) is 1. The highest BCUT2D eigenvalue weighted by atomic mass is 32.2. The lowest BCUT2D eigenvalue weighted by atomic mass is 10.1. The topological polar surface area (TPSA) is 46.2 Å². The highest BCUT2D eigenvalue weighted by molar-refractivity contribution is 8.00. The summed E-state index contributed by atoms with van der Waals surface area (Å²) in [5.41, 5.74) is 1.51. The van der Waals surface area contributed by atoms with Gasteiger partial charge in [0.15, 0.2) is 5.78 Å². The Labute approximate surface area is 97.6 Å². The molecule has 1 aromatic carbocycles. The number of benzene rings is 1. The molecule has 3 nitrogen and oxygen atoms in total. The number of thioether (sulfide) groups is 1. The third-order valence-electron chi connectivity index (χ3n) is 2.85. The van der Waals surface area contributed by atoms with Crippen molar-refractivity contribution in [3.63, 3.8) is 0 Å². The second-order valence-corrected chi connectivity index (χ2v) is 5.20.